The summed E-state index contributed by atoms with van der Waals surface area (Å²) in [6.45, 7) is 12.7. The fraction of sp³-hybridized carbons (Fsp3) is 0.0833. The molecule has 0 aliphatic carbocycles. The zero-order valence-electron chi connectivity index (χ0n) is 77.6. The van der Waals surface area contributed by atoms with Gasteiger partial charge in [-0.25, -0.2) is 28.4 Å². The zero-order valence-corrected chi connectivity index (χ0v) is 82.0. The molecule has 0 unspecified atom stereocenters. The summed E-state index contributed by atoms with van der Waals surface area (Å²) < 4.78 is 58.9. The topological polar surface area (TPSA) is 198 Å². The van der Waals surface area contributed by atoms with E-state index in [0.29, 0.717) is 0 Å². The van der Waals surface area contributed by atoms with E-state index < -0.39 is 31.5 Å². The van der Waals surface area contributed by atoms with Crippen LogP contribution in [0, 0.1) is 41.5 Å². The Hall–Kier alpha value is -15.1. The second kappa shape index (κ2) is 42.5. The Kier molecular flexibility index (Phi) is 28.9. The summed E-state index contributed by atoms with van der Waals surface area (Å²) in [6.07, 6.45) is 28.3. The molecular weight excluding hydrogens is 1890 g/mol. The summed E-state index contributed by atoms with van der Waals surface area (Å²) in [7, 11) is -7.57. The molecule has 16 bridgehead atoms. The SMILES string of the molecule is Cc1ccc(-c2c3nc(c(-c4ccc(C)cc4)c4ccc([nH]4)c(-c4ccc(C)cc4)c4nc(c(-c5ccncc5)c5ccc2[nH]5)C=C4)C=C3)cc1.Cc1ccc(-c2c3nc(c(-c4ccc(C)cc4)c4ccc([nH]4)c(-c4ccc(C)cc4)c4nc(c(-c5ccncc5)c5ccc2[nH]5)C=C4)C=C3)cc1.O=S(=O)([O-])C(F)(F)F.[Pd+2].c1ccc([PH+](CCC[PH+](c2ccccc2)c2ccccc2)c2ccccc2)cc1. The monoisotopic (exact) mass is 1980 g/mol. The molecule has 12 heterocycles. The van der Waals surface area contributed by atoms with Gasteiger partial charge in [0.15, 0.2) is 10.1 Å². The Morgan fingerprint density at radius 1 is 0.250 bits per heavy atom. The van der Waals surface area contributed by atoms with Crippen LogP contribution in [0.25, 0.3) is 182 Å². The number of H-pyrrole nitrogens is 4. The molecular formula is C120H98F3N10O3P2PdS+3. The van der Waals surface area contributed by atoms with E-state index in [-0.39, 0.29) is 20.4 Å². The number of hydrogen-bond acceptors (Lipinski definition) is 9. The Bertz CT molecular complexity index is 7540. The average molecular weight is 1990 g/mol. The van der Waals surface area contributed by atoms with E-state index in [4.69, 9.17) is 32.9 Å². The predicted octanol–water partition coefficient (Wildman–Crippen LogP) is 28.4. The van der Waals surface area contributed by atoms with Gasteiger partial charge in [-0.2, -0.15) is 13.2 Å². The van der Waals surface area contributed by atoms with Crippen molar-refractivity contribution >= 4 is 140 Å². The molecule has 13 nitrogen and oxygen atoms in total. The van der Waals surface area contributed by atoms with E-state index in [1.54, 1.807) is 0 Å². The number of aromatic amines is 4. The van der Waals surface area contributed by atoms with Crippen LogP contribution >= 0.6 is 15.8 Å². The molecule has 140 heavy (non-hydrogen) atoms. The van der Waals surface area contributed by atoms with Gasteiger partial charge in [0.05, 0.1) is 94.9 Å². The standard InChI is InChI=1S/2C46H35N5.C27H26P2.CHF3O3S.Pd/c2*1-28-4-10-31(11-5-28)43-35-16-18-37(48-35)44(32-12-6-29(2)7-13-32)39-20-22-41(50-39)46(34-24-26-47-27-25-34)42-23-21-40(51-42)45(38-19-17-36(43)49-38)33-14-8-30(3)9-15-33;1-5-14-24(15-6-1)28(25-16-7-2-8-17-25)22-13-23-29(26-18-9-3-10-19-26)27-20-11-4-12-21-27;2-1(3,4)8(5,6)7;/h2*4-27,48,51H,1-3H3;1-12,14-21H,13,22-23H2;(H,5,6,7);/q;;;;+2/p+1. The van der Waals surface area contributed by atoms with Crippen molar-refractivity contribution in [2.45, 2.75) is 53.5 Å². The van der Waals surface area contributed by atoms with Crippen LogP contribution in [-0.2, 0) is 30.5 Å². The van der Waals surface area contributed by atoms with Crippen molar-refractivity contribution < 1.29 is 46.6 Å². The van der Waals surface area contributed by atoms with Crippen molar-refractivity contribution in [3.63, 3.8) is 0 Å². The van der Waals surface area contributed by atoms with E-state index in [2.05, 4.69) is 436 Å². The summed E-state index contributed by atoms with van der Waals surface area (Å²) in [5.41, 5.74) is 33.5. The summed E-state index contributed by atoms with van der Waals surface area (Å²) in [4.78, 5) is 45.5. The van der Waals surface area contributed by atoms with Gasteiger partial charge in [0.1, 0.15) is 0 Å². The first-order chi connectivity index (χ1) is 67.6. The first-order valence-corrected chi connectivity index (χ1v) is 51.0. The van der Waals surface area contributed by atoms with Crippen molar-refractivity contribution in [3.8, 4) is 89.0 Å². The van der Waals surface area contributed by atoms with Gasteiger partial charge in [0.25, 0.3) is 0 Å². The van der Waals surface area contributed by atoms with E-state index >= 15 is 0 Å². The molecule has 690 valence electrons. The third kappa shape index (κ3) is 21.4. The molecule has 0 fully saturated rings. The van der Waals surface area contributed by atoms with Gasteiger partial charge in [-0.1, -0.05) is 252 Å². The number of hydrogen-bond donors (Lipinski definition) is 4. The van der Waals surface area contributed by atoms with Gasteiger partial charge in [0, 0.05) is 120 Å². The van der Waals surface area contributed by atoms with E-state index in [1.807, 2.05) is 49.1 Å². The molecule has 0 radical (unpaired) electrons. The van der Waals surface area contributed by atoms with Crippen molar-refractivity contribution in [1.29, 1.82) is 0 Å². The normalized spacial score (nSPS) is 11.9. The molecule has 0 spiro atoms. The van der Waals surface area contributed by atoms with Gasteiger partial charge < -0.3 is 24.5 Å². The molecule has 4 aliphatic rings. The molecule has 10 aromatic carbocycles. The molecule has 20 heteroatoms. The summed E-state index contributed by atoms with van der Waals surface area (Å²) in [6, 6.07) is 122. The number of aromatic nitrogens is 10. The summed E-state index contributed by atoms with van der Waals surface area (Å²) in [5, 5.41) is 6.10. The van der Waals surface area contributed by atoms with Crippen molar-refractivity contribution in [2.24, 2.45) is 0 Å². The van der Waals surface area contributed by atoms with Crippen LogP contribution in [0.2, 0.25) is 0 Å². The Morgan fingerprint density at radius 3 is 0.564 bits per heavy atom. The Labute approximate surface area is 828 Å². The zero-order chi connectivity index (χ0) is 95.7. The minimum atomic E-state index is -6.09. The number of rotatable bonds is 16. The molecule has 8 aromatic heterocycles. The first kappa shape index (κ1) is 95.2. The smallest absolute Gasteiger partial charge is 0.741 e. The van der Waals surface area contributed by atoms with Crippen LogP contribution in [0.3, 0.4) is 0 Å². The van der Waals surface area contributed by atoms with Crippen LogP contribution in [0.15, 0.2) is 365 Å². The minimum absolute atomic E-state index is 0. The number of nitrogens with zero attached hydrogens (tertiary/aromatic N) is 6. The largest absolute Gasteiger partial charge is 2.00 e. The van der Waals surface area contributed by atoms with Gasteiger partial charge in [-0.05, 0) is 256 Å². The van der Waals surface area contributed by atoms with Crippen molar-refractivity contribution in [2.75, 3.05) is 12.3 Å². The van der Waals surface area contributed by atoms with E-state index in [9.17, 15) is 13.2 Å². The number of aryl methyl sites for hydroxylation is 6. The fourth-order valence-electron chi connectivity index (χ4n) is 18.1. The number of benzene rings is 10. The van der Waals surface area contributed by atoms with E-state index in [1.165, 1.54) is 73.3 Å². The molecule has 4 aliphatic heterocycles. The van der Waals surface area contributed by atoms with Gasteiger partial charge in [-0.3, -0.25) is 9.97 Å². The van der Waals surface area contributed by atoms with Crippen molar-refractivity contribution in [1.82, 2.24) is 49.8 Å². The van der Waals surface area contributed by atoms with Crippen LogP contribution < -0.4 is 21.2 Å². The molecule has 0 saturated carbocycles. The van der Waals surface area contributed by atoms with Crippen LogP contribution in [0.5, 0.6) is 0 Å². The predicted molar refractivity (Wildman–Crippen MR) is 576 cm³/mol. The number of pyridine rings is 2. The molecule has 0 amide bonds. The van der Waals surface area contributed by atoms with Crippen molar-refractivity contribution in [3.05, 3.63) is 443 Å². The number of nitrogens with one attached hydrogen (secondary N) is 4. The minimum Gasteiger partial charge on any atom is -0.741 e. The molecule has 4 N–H and O–H groups in total. The summed E-state index contributed by atoms with van der Waals surface area (Å²) in [5.74, 6) is 0. The third-order valence-corrected chi connectivity index (χ3v) is 31.5. The molecule has 22 rings (SSSR count). The van der Waals surface area contributed by atoms with Crippen LogP contribution in [0.4, 0.5) is 13.2 Å². The maximum atomic E-state index is 10.7. The maximum absolute atomic E-state index is 10.7. The molecule has 18 aromatic rings. The Morgan fingerprint density at radius 2 is 0.407 bits per heavy atom. The number of fused-ring (bicyclic) bond motifs is 16. The quantitative estimate of drug-likeness (QED) is 0.0315. The summed E-state index contributed by atoms with van der Waals surface area (Å²) >= 11 is 0. The number of halogens is 3. The van der Waals surface area contributed by atoms with E-state index in [0.717, 1.165) is 179 Å². The maximum Gasteiger partial charge on any atom is 2.00 e. The fourth-order valence-corrected chi connectivity index (χ4v) is 23.7. The Balaban J connectivity index is 0.000000138. The first-order valence-electron chi connectivity index (χ1n) is 46.1. The average Bonchev–Trinajstić information content (AvgIpc) is 1.61. The molecule has 0 atom stereocenters. The second-order valence-electron chi connectivity index (χ2n) is 34.8. The third-order valence-electron chi connectivity index (χ3n) is 25.1. The van der Waals surface area contributed by atoms with Gasteiger partial charge in [0.2, 0.25) is 0 Å². The van der Waals surface area contributed by atoms with Crippen LogP contribution in [0.1, 0.15) is 85.4 Å². The number of alkyl halides is 3. The van der Waals surface area contributed by atoms with Gasteiger partial charge >= 0.3 is 25.9 Å². The second-order valence-corrected chi connectivity index (χ2v) is 41.4. The van der Waals surface area contributed by atoms with Crippen LogP contribution in [-0.4, -0.2) is 80.6 Å². The van der Waals surface area contributed by atoms with Gasteiger partial charge in [-0.15, -0.1) is 0 Å². The molecule has 0 saturated heterocycles.